The van der Waals surface area contributed by atoms with Crippen molar-refractivity contribution in [2.24, 2.45) is 4.99 Å². The molecule has 2 rings (SSSR count). The number of nitrogens with zero attached hydrogens (tertiary/aromatic N) is 3. The SMILES string of the molecule is CCNC(=NCCCc1cn[nH]c1C)N(C)Cc1ccc(Cl)c(Cl)c1.I. The summed E-state index contributed by atoms with van der Waals surface area (Å²) in [5.74, 6) is 0.887. The summed E-state index contributed by atoms with van der Waals surface area (Å²) in [6, 6.07) is 5.70. The lowest BCUT2D eigenvalue weighted by molar-refractivity contribution is 0.476. The fraction of sp³-hybridized carbons (Fsp3) is 0.444. The van der Waals surface area contributed by atoms with E-state index in [1.807, 2.05) is 38.4 Å². The van der Waals surface area contributed by atoms with E-state index in [1.165, 1.54) is 5.56 Å². The first-order valence-electron chi connectivity index (χ1n) is 8.43. The van der Waals surface area contributed by atoms with E-state index in [4.69, 9.17) is 28.2 Å². The minimum Gasteiger partial charge on any atom is -0.357 e. The summed E-state index contributed by atoms with van der Waals surface area (Å²) in [5, 5.41) is 11.5. The summed E-state index contributed by atoms with van der Waals surface area (Å²) in [7, 11) is 2.02. The maximum Gasteiger partial charge on any atom is 0.193 e. The zero-order chi connectivity index (χ0) is 18.2. The van der Waals surface area contributed by atoms with Crippen LogP contribution in [0.15, 0.2) is 29.4 Å². The van der Waals surface area contributed by atoms with Gasteiger partial charge in [0.1, 0.15) is 0 Å². The molecule has 0 aliphatic heterocycles. The monoisotopic (exact) mass is 509 g/mol. The van der Waals surface area contributed by atoms with Gasteiger partial charge in [-0.25, -0.2) is 0 Å². The minimum absolute atomic E-state index is 0. The molecule has 1 aromatic carbocycles. The lowest BCUT2D eigenvalue weighted by Crippen LogP contribution is -2.38. The number of benzene rings is 1. The molecule has 2 N–H and O–H groups in total. The molecule has 0 spiro atoms. The molecule has 0 fully saturated rings. The van der Waals surface area contributed by atoms with Crippen LogP contribution in [0.3, 0.4) is 0 Å². The number of H-pyrrole nitrogens is 1. The van der Waals surface area contributed by atoms with Gasteiger partial charge in [0.15, 0.2) is 5.96 Å². The van der Waals surface area contributed by atoms with Crippen LogP contribution in [-0.4, -0.2) is 41.2 Å². The fourth-order valence-corrected chi connectivity index (χ4v) is 2.86. The summed E-state index contributed by atoms with van der Waals surface area (Å²) in [5.41, 5.74) is 3.48. The Bertz CT molecular complexity index is 717. The van der Waals surface area contributed by atoms with Crippen LogP contribution in [0.25, 0.3) is 0 Å². The Kier molecular flexibility index (Phi) is 10.3. The summed E-state index contributed by atoms with van der Waals surface area (Å²) in [4.78, 5) is 6.81. The Hall–Kier alpha value is -0.990. The van der Waals surface area contributed by atoms with E-state index in [9.17, 15) is 0 Å². The number of hydrogen-bond donors (Lipinski definition) is 2. The number of halogens is 3. The van der Waals surface area contributed by atoms with Gasteiger partial charge in [-0.1, -0.05) is 29.3 Å². The van der Waals surface area contributed by atoms with Gasteiger partial charge in [-0.05, 0) is 49.9 Å². The van der Waals surface area contributed by atoms with Gasteiger partial charge in [0.05, 0.1) is 16.2 Å². The smallest absolute Gasteiger partial charge is 0.193 e. The molecule has 0 amide bonds. The van der Waals surface area contributed by atoms with Crippen molar-refractivity contribution < 1.29 is 0 Å². The van der Waals surface area contributed by atoms with Gasteiger partial charge in [0.2, 0.25) is 0 Å². The third-order valence-corrected chi connectivity index (χ3v) is 4.64. The fourth-order valence-electron chi connectivity index (χ4n) is 2.54. The molecule has 1 heterocycles. The van der Waals surface area contributed by atoms with Gasteiger partial charge >= 0.3 is 0 Å². The number of aryl methyl sites for hydroxylation is 2. The Labute approximate surface area is 182 Å². The van der Waals surface area contributed by atoms with Gasteiger partial charge in [-0.15, -0.1) is 24.0 Å². The van der Waals surface area contributed by atoms with E-state index in [2.05, 4.69) is 27.3 Å². The summed E-state index contributed by atoms with van der Waals surface area (Å²) >= 11 is 12.1. The molecule has 0 radical (unpaired) electrons. The number of hydrogen-bond acceptors (Lipinski definition) is 2. The molecular formula is C18H26Cl2IN5. The number of nitrogens with one attached hydrogen (secondary N) is 2. The first kappa shape index (κ1) is 23.0. The molecule has 0 atom stereocenters. The number of guanidine groups is 1. The topological polar surface area (TPSA) is 56.3 Å². The molecule has 0 bridgehead atoms. The van der Waals surface area contributed by atoms with E-state index in [-0.39, 0.29) is 24.0 Å². The van der Waals surface area contributed by atoms with E-state index in [0.717, 1.165) is 43.1 Å². The Morgan fingerprint density at radius 3 is 2.69 bits per heavy atom. The van der Waals surface area contributed by atoms with Crippen molar-refractivity contribution in [3.8, 4) is 0 Å². The second-order valence-corrected chi connectivity index (χ2v) is 6.78. The Morgan fingerprint density at radius 2 is 2.08 bits per heavy atom. The summed E-state index contributed by atoms with van der Waals surface area (Å²) in [6.45, 7) is 6.41. The van der Waals surface area contributed by atoms with Crippen LogP contribution in [-0.2, 0) is 13.0 Å². The molecule has 5 nitrogen and oxygen atoms in total. The average molecular weight is 510 g/mol. The molecular weight excluding hydrogens is 484 g/mol. The van der Waals surface area contributed by atoms with Crippen molar-refractivity contribution in [3.05, 3.63) is 51.3 Å². The lowest BCUT2D eigenvalue weighted by Gasteiger charge is -2.22. The zero-order valence-corrected chi connectivity index (χ0v) is 19.2. The predicted octanol–water partition coefficient (Wildman–Crippen LogP) is 4.67. The zero-order valence-electron chi connectivity index (χ0n) is 15.4. The highest BCUT2D eigenvalue weighted by atomic mass is 127. The van der Waals surface area contributed by atoms with Crippen molar-refractivity contribution in [1.82, 2.24) is 20.4 Å². The standard InChI is InChI=1S/C18H25Cl2N5.HI/c1-4-21-18(22-9-5-6-15-11-23-24-13(15)2)25(3)12-14-7-8-16(19)17(20)10-14;/h7-8,10-11H,4-6,9,12H2,1-3H3,(H,21,22)(H,23,24);1H. The van der Waals surface area contributed by atoms with E-state index >= 15 is 0 Å². The number of aliphatic imine (C=N–C) groups is 1. The number of aromatic amines is 1. The van der Waals surface area contributed by atoms with E-state index in [1.54, 1.807) is 0 Å². The van der Waals surface area contributed by atoms with Crippen LogP contribution in [0, 0.1) is 6.92 Å². The van der Waals surface area contributed by atoms with Crippen LogP contribution in [0.2, 0.25) is 10.0 Å². The third-order valence-electron chi connectivity index (χ3n) is 3.90. The maximum atomic E-state index is 6.10. The van der Waals surface area contributed by atoms with Gasteiger partial charge in [0, 0.05) is 32.4 Å². The van der Waals surface area contributed by atoms with Crippen LogP contribution in [0.1, 0.15) is 30.2 Å². The predicted molar refractivity (Wildman–Crippen MR) is 121 cm³/mol. The Balaban J connectivity index is 0.00000338. The van der Waals surface area contributed by atoms with Crippen molar-refractivity contribution >= 4 is 53.1 Å². The summed E-state index contributed by atoms with van der Waals surface area (Å²) < 4.78 is 0. The first-order chi connectivity index (χ1) is 12.0. The summed E-state index contributed by atoms with van der Waals surface area (Å²) in [6.07, 6.45) is 3.85. The Morgan fingerprint density at radius 1 is 1.31 bits per heavy atom. The maximum absolute atomic E-state index is 6.10. The minimum atomic E-state index is 0. The largest absolute Gasteiger partial charge is 0.357 e. The van der Waals surface area contributed by atoms with Crippen LogP contribution >= 0.6 is 47.2 Å². The average Bonchev–Trinajstić information content (AvgIpc) is 2.99. The van der Waals surface area contributed by atoms with Crippen molar-refractivity contribution in [3.63, 3.8) is 0 Å². The molecule has 0 unspecified atom stereocenters. The molecule has 0 saturated carbocycles. The number of rotatable bonds is 7. The molecule has 1 aromatic heterocycles. The van der Waals surface area contributed by atoms with E-state index < -0.39 is 0 Å². The highest BCUT2D eigenvalue weighted by Crippen LogP contribution is 2.23. The second kappa shape index (κ2) is 11.7. The lowest BCUT2D eigenvalue weighted by atomic mass is 10.1. The van der Waals surface area contributed by atoms with Gasteiger partial charge in [-0.3, -0.25) is 10.1 Å². The van der Waals surface area contributed by atoms with Crippen LogP contribution in [0.4, 0.5) is 0 Å². The molecule has 144 valence electrons. The van der Waals surface area contributed by atoms with Gasteiger partial charge < -0.3 is 10.2 Å². The van der Waals surface area contributed by atoms with Crippen molar-refractivity contribution in [1.29, 1.82) is 0 Å². The molecule has 26 heavy (non-hydrogen) atoms. The quantitative estimate of drug-likeness (QED) is 0.247. The van der Waals surface area contributed by atoms with Gasteiger partial charge in [0.25, 0.3) is 0 Å². The molecule has 0 aliphatic rings. The van der Waals surface area contributed by atoms with E-state index in [0.29, 0.717) is 16.6 Å². The molecule has 0 aliphatic carbocycles. The molecule has 2 aromatic rings. The second-order valence-electron chi connectivity index (χ2n) is 5.96. The number of aromatic nitrogens is 2. The van der Waals surface area contributed by atoms with Gasteiger partial charge in [-0.2, -0.15) is 5.10 Å². The van der Waals surface area contributed by atoms with Crippen molar-refractivity contribution in [2.75, 3.05) is 20.1 Å². The normalized spacial score (nSPS) is 11.2. The molecule has 0 saturated heterocycles. The van der Waals surface area contributed by atoms with Crippen LogP contribution in [0.5, 0.6) is 0 Å². The molecule has 8 heteroatoms. The third kappa shape index (κ3) is 6.96. The van der Waals surface area contributed by atoms with Crippen LogP contribution < -0.4 is 5.32 Å². The first-order valence-corrected chi connectivity index (χ1v) is 9.19. The highest BCUT2D eigenvalue weighted by Gasteiger charge is 2.08. The highest BCUT2D eigenvalue weighted by molar-refractivity contribution is 14.0. The van der Waals surface area contributed by atoms with Crippen molar-refractivity contribution in [2.45, 2.75) is 33.2 Å².